The molecule has 0 aliphatic carbocycles. The molecule has 0 aliphatic heterocycles. The van der Waals surface area contributed by atoms with Crippen molar-refractivity contribution in [1.29, 1.82) is 0 Å². The van der Waals surface area contributed by atoms with Gasteiger partial charge in [0.25, 0.3) is 6.43 Å². The Hall–Kier alpha value is -1.24. The fourth-order valence-electron chi connectivity index (χ4n) is 1.21. The molecule has 17 heavy (non-hydrogen) atoms. The lowest BCUT2D eigenvalue weighted by atomic mass is 10.2. The fraction of sp³-hybridized carbons (Fsp3) is 0.400. The van der Waals surface area contributed by atoms with Gasteiger partial charge in [0.1, 0.15) is 0 Å². The second-order valence-corrected chi connectivity index (χ2v) is 3.96. The topological polar surface area (TPSA) is 59.2 Å². The number of aromatic amines is 1. The van der Waals surface area contributed by atoms with Gasteiger partial charge >= 0.3 is 5.97 Å². The van der Waals surface area contributed by atoms with Crippen LogP contribution in [0.4, 0.5) is 8.78 Å². The third kappa shape index (κ3) is 3.62. The Bertz CT molecular complexity index is 473. The third-order valence-corrected chi connectivity index (χ3v) is 2.64. The summed E-state index contributed by atoms with van der Waals surface area (Å²) in [5.41, 5.74) is -1.04. The van der Waals surface area contributed by atoms with Gasteiger partial charge in [-0.2, -0.15) is 0 Å². The van der Waals surface area contributed by atoms with Crippen LogP contribution in [-0.2, 0) is 16.0 Å². The van der Waals surface area contributed by atoms with Crippen LogP contribution < -0.4 is 5.43 Å². The maximum Gasteiger partial charge on any atom is 0.310 e. The summed E-state index contributed by atoms with van der Waals surface area (Å²) >= 11 is 2.95. The number of rotatable bonds is 4. The number of nitrogens with one attached hydrogen (secondary N) is 1. The van der Waals surface area contributed by atoms with Crippen molar-refractivity contribution in [3.05, 3.63) is 32.2 Å². The maximum atomic E-state index is 12.4. The van der Waals surface area contributed by atoms with Crippen molar-refractivity contribution in [1.82, 2.24) is 4.98 Å². The van der Waals surface area contributed by atoms with Crippen molar-refractivity contribution in [3.8, 4) is 0 Å². The number of carbonyl (C=O) groups is 1. The van der Waals surface area contributed by atoms with Crippen LogP contribution in [0.3, 0.4) is 0 Å². The first kappa shape index (κ1) is 13.8. The second-order valence-electron chi connectivity index (χ2n) is 3.16. The number of ether oxygens (including phenoxy) is 1. The molecule has 0 aliphatic rings. The zero-order valence-electron chi connectivity index (χ0n) is 8.93. The van der Waals surface area contributed by atoms with Gasteiger partial charge in [-0.25, -0.2) is 8.78 Å². The summed E-state index contributed by atoms with van der Waals surface area (Å²) in [7, 11) is 0. The smallest absolute Gasteiger partial charge is 0.310 e. The highest BCUT2D eigenvalue weighted by Gasteiger charge is 2.16. The van der Waals surface area contributed by atoms with Crippen LogP contribution in [0.25, 0.3) is 0 Å². The molecule has 0 unspecified atom stereocenters. The van der Waals surface area contributed by atoms with Crippen LogP contribution in [0.1, 0.15) is 24.6 Å². The predicted molar refractivity (Wildman–Crippen MR) is 60.1 cm³/mol. The minimum atomic E-state index is -2.77. The van der Waals surface area contributed by atoms with E-state index in [1.807, 2.05) is 0 Å². The van der Waals surface area contributed by atoms with E-state index in [0.717, 1.165) is 6.07 Å². The van der Waals surface area contributed by atoms with Gasteiger partial charge in [-0.3, -0.25) is 9.59 Å². The predicted octanol–water partition coefficient (Wildman–Crippen LogP) is 2.18. The molecule has 4 nitrogen and oxygen atoms in total. The van der Waals surface area contributed by atoms with E-state index < -0.39 is 23.5 Å². The first-order valence-corrected chi connectivity index (χ1v) is 5.60. The lowest BCUT2D eigenvalue weighted by Crippen LogP contribution is -2.18. The van der Waals surface area contributed by atoms with Gasteiger partial charge in [-0.05, 0) is 22.9 Å². The van der Waals surface area contributed by atoms with Crippen LogP contribution >= 0.6 is 15.9 Å². The van der Waals surface area contributed by atoms with E-state index in [1.165, 1.54) is 0 Å². The first-order chi connectivity index (χ1) is 7.95. The summed E-state index contributed by atoms with van der Waals surface area (Å²) in [4.78, 5) is 25.0. The van der Waals surface area contributed by atoms with Crippen LogP contribution in [0.15, 0.2) is 15.5 Å². The summed E-state index contributed by atoms with van der Waals surface area (Å²) in [5, 5.41) is 0. The molecule has 0 spiro atoms. The lowest BCUT2D eigenvalue weighted by molar-refractivity contribution is -0.142. The highest BCUT2D eigenvalue weighted by molar-refractivity contribution is 9.10. The van der Waals surface area contributed by atoms with E-state index in [-0.39, 0.29) is 23.2 Å². The molecule has 1 aromatic heterocycles. The number of aromatic nitrogens is 1. The fourth-order valence-corrected chi connectivity index (χ4v) is 1.78. The molecule has 0 saturated carbocycles. The third-order valence-electron chi connectivity index (χ3n) is 1.96. The van der Waals surface area contributed by atoms with Gasteiger partial charge < -0.3 is 9.72 Å². The van der Waals surface area contributed by atoms with E-state index in [4.69, 9.17) is 0 Å². The van der Waals surface area contributed by atoms with Crippen molar-refractivity contribution < 1.29 is 18.3 Å². The van der Waals surface area contributed by atoms with E-state index in [9.17, 15) is 18.4 Å². The van der Waals surface area contributed by atoms with Crippen LogP contribution in [0, 0.1) is 0 Å². The number of H-pyrrole nitrogens is 1. The highest BCUT2D eigenvalue weighted by Crippen LogP contribution is 2.19. The molecule has 0 saturated heterocycles. The number of carbonyl (C=O) groups excluding carboxylic acids is 1. The van der Waals surface area contributed by atoms with Crippen LogP contribution in [0.5, 0.6) is 0 Å². The zero-order valence-corrected chi connectivity index (χ0v) is 10.5. The molecule has 0 bridgehead atoms. The van der Waals surface area contributed by atoms with E-state index >= 15 is 0 Å². The standard InChI is InChI=1S/C10H10BrF2NO3/c1-2-17-8(16)3-5-7(15)4-6(10(12)13)14-9(5)11/h4,10H,2-3H2,1H3,(H,14,15). The quantitative estimate of drug-likeness (QED) is 0.685. The summed E-state index contributed by atoms with van der Waals surface area (Å²) in [6, 6.07) is 0.782. The Morgan fingerprint density at radius 2 is 2.24 bits per heavy atom. The first-order valence-electron chi connectivity index (χ1n) is 4.81. The number of hydrogen-bond acceptors (Lipinski definition) is 3. The van der Waals surface area contributed by atoms with Gasteiger partial charge in [0.2, 0.25) is 0 Å². The minimum Gasteiger partial charge on any atom is -0.466 e. The Morgan fingerprint density at radius 1 is 1.59 bits per heavy atom. The van der Waals surface area contributed by atoms with Gasteiger partial charge in [0.15, 0.2) is 5.43 Å². The number of esters is 1. The molecule has 1 heterocycles. The summed E-state index contributed by atoms with van der Waals surface area (Å²) < 4.78 is 29.5. The largest absolute Gasteiger partial charge is 0.466 e. The molecular formula is C10H10BrF2NO3. The summed E-state index contributed by atoms with van der Waals surface area (Å²) in [5.74, 6) is -0.580. The van der Waals surface area contributed by atoms with Gasteiger partial charge in [0.05, 0.1) is 23.3 Å². The normalized spacial score (nSPS) is 10.6. The Kier molecular flexibility index (Phi) is 4.80. The van der Waals surface area contributed by atoms with Crippen molar-refractivity contribution in [2.24, 2.45) is 0 Å². The van der Waals surface area contributed by atoms with E-state index in [2.05, 4.69) is 25.7 Å². The number of halogens is 3. The Labute approximate surface area is 104 Å². The molecule has 0 atom stereocenters. The van der Waals surface area contributed by atoms with Crippen molar-refractivity contribution >= 4 is 21.9 Å². The average Bonchev–Trinajstić information content (AvgIpc) is 2.23. The van der Waals surface area contributed by atoms with Crippen molar-refractivity contribution in [2.45, 2.75) is 19.8 Å². The van der Waals surface area contributed by atoms with Crippen LogP contribution in [0.2, 0.25) is 0 Å². The molecule has 0 aromatic carbocycles. The maximum absolute atomic E-state index is 12.4. The summed E-state index contributed by atoms with van der Waals surface area (Å²) in [6.07, 6.45) is -3.02. The SMILES string of the molecule is CCOC(=O)Cc1c(Br)[nH]c(C(F)F)cc1=O. The molecule has 0 amide bonds. The Balaban J connectivity index is 3.02. The Morgan fingerprint density at radius 3 is 2.71 bits per heavy atom. The molecule has 1 aromatic rings. The van der Waals surface area contributed by atoms with Crippen molar-refractivity contribution in [2.75, 3.05) is 6.61 Å². The molecule has 1 rings (SSSR count). The van der Waals surface area contributed by atoms with Crippen LogP contribution in [-0.4, -0.2) is 17.6 Å². The zero-order chi connectivity index (χ0) is 13.0. The van der Waals surface area contributed by atoms with E-state index in [0.29, 0.717) is 0 Å². The molecular weight excluding hydrogens is 300 g/mol. The summed E-state index contributed by atoms with van der Waals surface area (Å²) in [6.45, 7) is 1.83. The molecule has 0 fully saturated rings. The second kappa shape index (κ2) is 5.90. The average molecular weight is 310 g/mol. The molecule has 1 N–H and O–H groups in total. The van der Waals surface area contributed by atoms with E-state index in [1.54, 1.807) is 6.92 Å². The lowest BCUT2D eigenvalue weighted by Gasteiger charge is -2.06. The van der Waals surface area contributed by atoms with Crippen molar-refractivity contribution in [3.63, 3.8) is 0 Å². The number of hydrogen-bond donors (Lipinski definition) is 1. The van der Waals surface area contributed by atoms with Gasteiger partial charge in [0, 0.05) is 11.6 Å². The minimum absolute atomic E-state index is 0.0767. The van der Waals surface area contributed by atoms with Gasteiger partial charge in [-0.15, -0.1) is 0 Å². The number of pyridine rings is 1. The molecule has 7 heteroatoms. The monoisotopic (exact) mass is 309 g/mol. The molecule has 0 radical (unpaired) electrons. The van der Waals surface area contributed by atoms with Gasteiger partial charge in [-0.1, -0.05) is 0 Å². The molecule has 94 valence electrons. The number of alkyl halides is 2. The highest BCUT2D eigenvalue weighted by atomic mass is 79.9.